The molecule has 0 saturated carbocycles. The molecule has 1 N–H and O–H groups in total. The first-order valence-corrected chi connectivity index (χ1v) is 11.4. The third-order valence-corrected chi connectivity index (χ3v) is 8.75. The maximum Gasteiger partial charge on any atom is 0.226 e. The Bertz CT molecular complexity index is 728. The highest BCUT2D eigenvalue weighted by atomic mass is 32.1. The molecule has 1 aromatic rings. The molecule has 1 amide bonds. The van der Waals surface area contributed by atoms with Gasteiger partial charge in [-0.2, -0.15) is 0 Å². The van der Waals surface area contributed by atoms with Crippen LogP contribution >= 0.6 is 11.3 Å². The fourth-order valence-corrected chi connectivity index (χ4v) is 7.24. The number of amides is 1. The predicted octanol–water partition coefficient (Wildman–Crippen LogP) is 1.29. The molecule has 0 spiro atoms. The zero-order valence-electron chi connectivity index (χ0n) is 15.7. The van der Waals surface area contributed by atoms with Crippen molar-refractivity contribution in [1.82, 2.24) is 15.2 Å². The van der Waals surface area contributed by atoms with Crippen LogP contribution < -0.4 is 10.2 Å². The topological polar surface area (TPSA) is 57.7 Å². The monoisotopic (exact) mass is 388 g/mol. The predicted molar refractivity (Wildman–Crippen MR) is 104 cm³/mol. The average molecular weight is 389 g/mol. The number of anilines is 1. The van der Waals surface area contributed by atoms with Gasteiger partial charge in [0, 0.05) is 55.5 Å². The first-order chi connectivity index (χ1) is 13.3. The lowest BCUT2D eigenvalue weighted by molar-refractivity contribution is -0.135. The number of ether oxygens (including phenoxy) is 1. The number of thiazole rings is 1. The smallest absolute Gasteiger partial charge is 0.226 e. The van der Waals surface area contributed by atoms with Crippen molar-refractivity contribution < 1.29 is 9.53 Å². The Kier molecular flexibility index (Phi) is 3.98. The van der Waals surface area contributed by atoms with Gasteiger partial charge in [-0.3, -0.25) is 4.79 Å². The first kappa shape index (κ1) is 16.7. The van der Waals surface area contributed by atoms with E-state index in [9.17, 15) is 4.79 Å². The summed E-state index contributed by atoms with van der Waals surface area (Å²) in [4.78, 5) is 24.1. The summed E-state index contributed by atoms with van der Waals surface area (Å²) in [6, 6.07) is 1.34. The molecule has 146 valence electrons. The molecule has 5 heterocycles. The number of morpholine rings is 1. The van der Waals surface area contributed by atoms with E-state index < -0.39 is 0 Å². The molecule has 2 bridgehead atoms. The number of fused-ring (bicyclic) bond motifs is 6. The highest BCUT2D eigenvalue weighted by molar-refractivity contribution is 7.15. The van der Waals surface area contributed by atoms with Crippen molar-refractivity contribution in [2.75, 3.05) is 44.3 Å². The number of rotatable bonds is 2. The molecule has 1 aromatic heterocycles. The van der Waals surface area contributed by atoms with Crippen molar-refractivity contribution in [3.05, 3.63) is 10.6 Å². The number of likely N-dealkylation sites (tertiary alicyclic amines) is 1. The van der Waals surface area contributed by atoms with Crippen molar-refractivity contribution in [2.24, 2.45) is 17.8 Å². The van der Waals surface area contributed by atoms with Crippen molar-refractivity contribution >= 4 is 22.4 Å². The van der Waals surface area contributed by atoms with E-state index in [0.29, 0.717) is 29.8 Å². The van der Waals surface area contributed by atoms with E-state index in [1.165, 1.54) is 23.4 Å². The van der Waals surface area contributed by atoms with Crippen LogP contribution in [0.25, 0.3) is 0 Å². The number of nitrogens with zero attached hydrogens (tertiary/aromatic N) is 3. The fraction of sp³-hybridized carbons (Fsp3) is 0.800. The lowest BCUT2D eigenvalue weighted by atomic mass is 9.82. The molecular weight excluding hydrogens is 360 g/mol. The Morgan fingerprint density at radius 1 is 1.11 bits per heavy atom. The summed E-state index contributed by atoms with van der Waals surface area (Å²) in [5.74, 6) is 1.95. The number of hydrogen-bond donors (Lipinski definition) is 1. The lowest BCUT2D eigenvalue weighted by Crippen LogP contribution is -2.40. The van der Waals surface area contributed by atoms with Gasteiger partial charge in [-0.1, -0.05) is 0 Å². The Balaban J connectivity index is 1.14. The Morgan fingerprint density at radius 3 is 2.59 bits per heavy atom. The maximum absolute atomic E-state index is 13.2. The highest BCUT2D eigenvalue weighted by Crippen LogP contribution is 2.44. The zero-order chi connectivity index (χ0) is 18.0. The maximum atomic E-state index is 13.2. The minimum Gasteiger partial charge on any atom is -0.378 e. The summed E-state index contributed by atoms with van der Waals surface area (Å²) in [6.45, 7) is 5.41. The SMILES string of the molecule is O=C(C1CCc2sc(N3CCOCC3)nc2C1)N1C[C@@H]2[C@H](C1)[C@@H]1CC[C@H]2N1. The summed E-state index contributed by atoms with van der Waals surface area (Å²) in [5.41, 5.74) is 1.19. The van der Waals surface area contributed by atoms with Gasteiger partial charge in [0.1, 0.15) is 0 Å². The Morgan fingerprint density at radius 2 is 1.85 bits per heavy atom. The molecule has 4 saturated heterocycles. The van der Waals surface area contributed by atoms with E-state index in [-0.39, 0.29) is 5.92 Å². The van der Waals surface area contributed by atoms with Crippen molar-refractivity contribution in [2.45, 2.75) is 44.2 Å². The molecule has 1 unspecified atom stereocenters. The molecule has 6 rings (SSSR count). The summed E-state index contributed by atoms with van der Waals surface area (Å²) in [5, 5.41) is 4.89. The van der Waals surface area contributed by atoms with Crippen LogP contribution in [-0.2, 0) is 22.4 Å². The van der Waals surface area contributed by atoms with E-state index in [1.807, 2.05) is 11.3 Å². The van der Waals surface area contributed by atoms with Crippen LogP contribution in [0.3, 0.4) is 0 Å². The minimum atomic E-state index is 0.140. The second-order valence-electron chi connectivity index (χ2n) is 8.93. The van der Waals surface area contributed by atoms with Crippen LogP contribution in [0.2, 0.25) is 0 Å². The average Bonchev–Trinajstić information content (AvgIpc) is 3.48. The fourth-order valence-electron chi connectivity index (χ4n) is 6.09. The van der Waals surface area contributed by atoms with Crippen LogP contribution in [0.5, 0.6) is 0 Å². The van der Waals surface area contributed by atoms with Crippen LogP contribution in [0.1, 0.15) is 29.8 Å². The van der Waals surface area contributed by atoms with Crippen LogP contribution in [0, 0.1) is 17.8 Å². The number of aryl methyl sites for hydroxylation is 1. The second-order valence-corrected chi connectivity index (χ2v) is 10.00. The number of aromatic nitrogens is 1. The molecular formula is C20H28N4O2S. The normalized spacial score (nSPS) is 37.6. The standard InChI is InChI=1S/C20H28N4O2S/c25-19(24-10-13-14(11-24)16-3-2-15(13)21-16)12-1-4-18-17(9-12)22-20(27-18)23-5-7-26-8-6-23/h12-16,21H,1-11H2/t12?,13-,14+,15-,16+. The quantitative estimate of drug-likeness (QED) is 0.828. The van der Waals surface area contributed by atoms with E-state index in [4.69, 9.17) is 9.72 Å². The summed E-state index contributed by atoms with van der Waals surface area (Å²) in [6.07, 6.45) is 5.47. The number of carbonyl (C=O) groups is 1. The van der Waals surface area contributed by atoms with Crippen molar-refractivity contribution in [3.8, 4) is 0 Å². The van der Waals surface area contributed by atoms with Gasteiger partial charge in [-0.25, -0.2) is 4.98 Å². The van der Waals surface area contributed by atoms with Crippen molar-refractivity contribution in [1.29, 1.82) is 0 Å². The first-order valence-electron chi connectivity index (χ1n) is 10.6. The van der Waals surface area contributed by atoms with Gasteiger partial charge in [-0.15, -0.1) is 11.3 Å². The zero-order valence-corrected chi connectivity index (χ0v) is 16.5. The summed E-state index contributed by atoms with van der Waals surface area (Å²) >= 11 is 1.84. The van der Waals surface area contributed by atoms with E-state index in [2.05, 4.69) is 15.1 Å². The minimum absolute atomic E-state index is 0.140. The molecule has 5 aliphatic rings. The number of nitrogens with one attached hydrogen (secondary N) is 1. The van der Waals surface area contributed by atoms with Crippen molar-refractivity contribution in [3.63, 3.8) is 0 Å². The largest absolute Gasteiger partial charge is 0.378 e. The molecule has 5 atom stereocenters. The third-order valence-electron chi connectivity index (χ3n) is 7.53. The Hall–Kier alpha value is -1.18. The van der Waals surface area contributed by atoms with Gasteiger partial charge in [0.05, 0.1) is 18.9 Å². The molecule has 7 heteroatoms. The molecule has 27 heavy (non-hydrogen) atoms. The summed E-state index contributed by atoms with van der Waals surface area (Å²) < 4.78 is 5.46. The molecule has 0 radical (unpaired) electrons. The second kappa shape index (κ2) is 6.42. The van der Waals surface area contributed by atoms with Gasteiger partial charge in [0.2, 0.25) is 5.91 Å². The van der Waals surface area contributed by atoms with Gasteiger partial charge in [0.15, 0.2) is 5.13 Å². The van der Waals surface area contributed by atoms with Gasteiger partial charge >= 0.3 is 0 Å². The molecule has 4 aliphatic heterocycles. The van der Waals surface area contributed by atoms with E-state index in [1.54, 1.807) is 0 Å². The number of carbonyl (C=O) groups excluding carboxylic acids is 1. The summed E-state index contributed by atoms with van der Waals surface area (Å²) in [7, 11) is 0. The van der Waals surface area contributed by atoms with Gasteiger partial charge in [-0.05, 0) is 37.5 Å². The lowest BCUT2D eigenvalue weighted by Gasteiger charge is -2.27. The van der Waals surface area contributed by atoms with E-state index in [0.717, 1.165) is 63.8 Å². The Labute approximate surface area is 164 Å². The highest BCUT2D eigenvalue weighted by Gasteiger charge is 2.52. The van der Waals surface area contributed by atoms with Gasteiger partial charge in [0.25, 0.3) is 0 Å². The van der Waals surface area contributed by atoms with E-state index >= 15 is 0 Å². The molecule has 6 nitrogen and oxygen atoms in total. The van der Waals surface area contributed by atoms with Crippen LogP contribution in [0.4, 0.5) is 5.13 Å². The van der Waals surface area contributed by atoms with Crippen LogP contribution in [-0.4, -0.2) is 67.3 Å². The molecule has 1 aliphatic carbocycles. The number of hydrogen-bond acceptors (Lipinski definition) is 6. The molecule has 4 fully saturated rings. The van der Waals surface area contributed by atoms with Crippen LogP contribution in [0.15, 0.2) is 0 Å². The molecule has 0 aromatic carbocycles. The third kappa shape index (κ3) is 2.73. The van der Waals surface area contributed by atoms with Gasteiger partial charge < -0.3 is 19.9 Å².